The number of ether oxygens (including phenoxy) is 1. The first-order valence-corrected chi connectivity index (χ1v) is 10.7. The van der Waals surface area contributed by atoms with Crippen molar-refractivity contribution in [3.05, 3.63) is 29.8 Å². The van der Waals surface area contributed by atoms with E-state index >= 15 is 0 Å². The van der Waals surface area contributed by atoms with Crippen LogP contribution >= 0.6 is 0 Å². The number of aliphatic hydroxyl groups is 1. The summed E-state index contributed by atoms with van der Waals surface area (Å²) in [5.74, 6) is 2.35. The molecule has 0 bridgehead atoms. The molecule has 1 unspecified atom stereocenters. The Morgan fingerprint density at radius 3 is 2.11 bits per heavy atom. The van der Waals surface area contributed by atoms with Crippen LogP contribution in [0.2, 0.25) is 0 Å². The summed E-state index contributed by atoms with van der Waals surface area (Å²) in [5, 5.41) is 10.4. The molecule has 1 aliphatic rings. The van der Waals surface area contributed by atoms with E-state index in [2.05, 4.69) is 60.6 Å². The first kappa shape index (κ1) is 22.2. The standard InChI is InChI=1S/C24H41NO2/c1-18-12-19(2)14-25(13-18)15-21(26)16-27-22-10-8-20(9-11-22)24(6,7)17-23(3,4)5/h8-11,18-19,21,26H,12-17H2,1-7H3/p+1/t18-,19+,21-/m1/s1. The van der Waals surface area contributed by atoms with Gasteiger partial charge in [0.25, 0.3) is 0 Å². The first-order valence-electron chi connectivity index (χ1n) is 10.7. The molecule has 1 aliphatic heterocycles. The topological polar surface area (TPSA) is 33.9 Å². The molecule has 3 nitrogen and oxygen atoms in total. The lowest BCUT2D eigenvalue weighted by Gasteiger charge is -2.33. The van der Waals surface area contributed by atoms with E-state index in [-0.39, 0.29) is 5.41 Å². The number of piperidine rings is 1. The molecule has 1 heterocycles. The molecule has 0 spiro atoms. The number of benzene rings is 1. The highest BCUT2D eigenvalue weighted by atomic mass is 16.5. The van der Waals surface area contributed by atoms with Crippen LogP contribution in [-0.4, -0.2) is 37.5 Å². The molecular weight excluding hydrogens is 334 g/mol. The van der Waals surface area contributed by atoms with Crippen molar-refractivity contribution >= 4 is 0 Å². The van der Waals surface area contributed by atoms with Crippen molar-refractivity contribution in [2.45, 2.75) is 72.8 Å². The number of likely N-dealkylation sites (tertiary alicyclic amines) is 1. The van der Waals surface area contributed by atoms with Gasteiger partial charge in [-0.25, -0.2) is 0 Å². The highest BCUT2D eigenvalue weighted by molar-refractivity contribution is 5.31. The number of hydrogen-bond acceptors (Lipinski definition) is 2. The Labute approximate surface area is 167 Å². The lowest BCUT2D eigenvalue weighted by molar-refractivity contribution is -0.915. The van der Waals surface area contributed by atoms with E-state index < -0.39 is 6.10 Å². The van der Waals surface area contributed by atoms with Gasteiger partial charge < -0.3 is 14.7 Å². The van der Waals surface area contributed by atoms with E-state index in [1.54, 1.807) is 0 Å². The van der Waals surface area contributed by atoms with Gasteiger partial charge in [-0.05, 0) is 41.4 Å². The zero-order valence-electron chi connectivity index (χ0n) is 18.6. The van der Waals surface area contributed by atoms with Crippen molar-refractivity contribution in [3.8, 4) is 5.75 Å². The largest absolute Gasteiger partial charge is 0.491 e. The second-order valence-corrected chi connectivity index (χ2v) is 10.9. The molecule has 4 atom stereocenters. The molecule has 2 rings (SSSR count). The normalized spacial score (nSPS) is 25.3. The van der Waals surface area contributed by atoms with Gasteiger partial charge in [-0.3, -0.25) is 0 Å². The molecule has 0 saturated carbocycles. The van der Waals surface area contributed by atoms with Gasteiger partial charge in [-0.15, -0.1) is 0 Å². The smallest absolute Gasteiger partial charge is 0.137 e. The van der Waals surface area contributed by atoms with Crippen LogP contribution < -0.4 is 9.64 Å². The molecular formula is C24H42NO2+. The molecule has 27 heavy (non-hydrogen) atoms. The van der Waals surface area contributed by atoms with Gasteiger partial charge in [0, 0.05) is 11.8 Å². The van der Waals surface area contributed by atoms with Crippen LogP contribution in [0.15, 0.2) is 24.3 Å². The van der Waals surface area contributed by atoms with Gasteiger partial charge in [-0.2, -0.15) is 0 Å². The molecule has 1 aromatic rings. The van der Waals surface area contributed by atoms with Crippen LogP contribution in [0.25, 0.3) is 0 Å². The Hall–Kier alpha value is -1.06. The van der Waals surface area contributed by atoms with Gasteiger partial charge in [0.05, 0.1) is 13.1 Å². The average Bonchev–Trinajstić information content (AvgIpc) is 2.50. The fourth-order valence-corrected chi connectivity index (χ4v) is 5.10. The summed E-state index contributed by atoms with van der Waals surface area (Å²) in [6.45, 7) is 19.6. The number of quaternary nitrogens is 1. The fraction of sp³-hybridized carbons (Fsp3) is 0.750. The SMILES string of the molecule is C[C@@H]1C[C@H](C)C[NH+](C[C@@H](O)COc2ccc(C(C)(C)CC(C)(C)C)cc2)C1. The maximum atomic E-state index is 10.4. The Kier molecular flexibility index (Phi) is 7.38. The van der Waals surface area contributed by atoms with E-state index in [0.29, 0.717) is 12.0 Å². The van der Waals surface area contributed by atoms with Crippen molar-refractivity contribution in [3.63, 3.8) is 0 Å². The highest BCUT2D eigenvalue weighted by Crippen LogP contribution is 2.36. The molecule has 0 amide bonds. The Morgan fingerprint density at radius 1 is 1.04 bits per heavy atom. The third kappa shape index (κ3) is 7.46. The fourth-order valence-electron chi connectivity index (χ4n) is 5.10. The molecule has 3 heteroatoms. The number of hydrogen-bond donors (Lipinski definition) is 2. The van der Waals surface area contributed by atoms with Crippen LogP contribution in [0.5, 0.6) is 5.75 Å². The maximum Gasteiger partial charge on any atom is 0.137 e. The van der Waals surface area contributed by atoms with Crippen molar-refractivity contribution in [2.75, 3.05) is 26.2 Å². The summed E-state index contributed by atoms with van der Waals surface area (Å²) in [7, 11) is 0. The summed E-state index contributed by atoms with van der Waals surface area (Å²) in [6, 6.07) is 8.44. The first-order chi connectivity index (χ1) is 12.4. The summed E-state index contributed by atoms with van der Waals surface area (Å²) in [5.41, 5.74) is 1.78. The van der Waals surface area contributed by atoms with Crippen molar-refractivity contribution in [1.29, 1.82) is 0 Å². The van der Waals surface area contributed by atoms with Crippen LogP contribution in [0, 0.1) is 17.3 Å². The van der Waals surface area contributed by atoms with Gasteiger partial charge in [0.1, 0.15) is 25.0 Å². The Morgan fingerprint density at radius 2 is 1.59 bits per heavy atom. The molecule has 2 N–H and O–H groups in total. The Balaban J connectivity index is 1.84. The molecule has 1 aromatic carbocycles. The van der Waals surface area contributed by atoms with E-state index in [1.807, 2.05) is 12.1 Å². The van der Waals surface area contributed by atoms with Gasteiger partial charge >= 0.3 is 0 Å². The molecule has 1 saturated heterocycles. The van der Waals surface area contributed by atoms with Gasteiger partial charge in [-0.1, -0.05) is 60.6 Å². The highest BCUT2D eigenvalue weighted by Gasteiger charge is 2.28. The van der Waals surface area contributed by atoms with Crippen LogP contribution in [0.1, 0.15) is 66.9 Å². The molecule has 0 aromatic heterocycles. The lowest BCUT2D eigenvalue weighted by Crippen LogP contribution is -3.15. The number of rotatable bonds is 7. The monoisotopic (exact) mass is 376 g/mol. The summed E-state index contributed by atoms with van der Waals surface area (Å²) < 4.78 is 5.87. The summed E-state index contributed by atoms with van der Waals surface area (Å²) >= 11 is 0. The zero-order chi connectivity index (χ0) is 20.2. The molecule has 0 aliphatic carbocycles. The average molecular weight is 377 g/mol. The van der Waals surface area contributed by atoms with Crippen LogP contribution in [-0.2, 0) is 5.41 Å². The Bertz CT molecular complexity index is 563. The van der Waals surface area contributed by atoms with Crippen molar-refractivity contribution < 1.29 is 14.7 Å². The van der Waals surface area contributed by atoms with Crippen molar-refractivity contribution in [2.24, 2.45) is 17.3 Å². The second kappa shape index (κ2) is 8.96. The molecule has 0 radical (unpaired) electrons. The van der Waals surface area contributed by atoms with E-state index in [4.69, 9.17) is 4.74 Å². The van der Waals surface area contributed by atoms with Crippen LogP contribution in [0.4, 0.5) is 0 Å². The minimum atomic E-state index is -0.408. The van der Waals surface area contributed by atoms with Gasteiger partial charge in [0.2, 0.25) is 0 Å². The predicted molar refractivity (Wildman–Crippen MR) is 114 cm³/mol. The summed E-state index contributed by atoms with van der Waals surface area (Å²) in [6.07, 6.45) is 2.04. The zero-order valence-corrected chi connectivity index (χ0v) is 18.6. The summed E-state index contributed by atoms with van der Waals surface area (Å²) in [4.78, 5) is 1.51. The van der Waals surface area contributed by atoms with Crippen molar-refractivity contribution in [1.82, 2.24) is 0 Å². The van der Waals surface area contributed by atoms with Crippen LogP contribution in [0.3, 0.4) is 0 Å². The third-order valence-corrected chi connectivity index (χ3v) is 5.65. The number of aliphatic hydroxyl groups excluding tert-OH is 1. The van der Waals surface area contributed by atoms with Gasteiger partial charge in [0.15, 0.2) is 0 Å². The third-order valence-electron chi connectivity index (χ3n) is 5.65. The van der Waals surface area contributed by atoms with E-state index in [0.717, 1.165) is 30.6 Å². The quantitative estimate of drug-likeness (QED) is 0.761. The molecule has 1 fully saturated rings. The molecule has 154 valence electrons. The lowest BCUT2D eigenvalue weighted by atomic mass is 9.72. The minimum Gasteiger partial charge on any atom is -0.491 e. The predicted octanol–water partition coefficient (Wildman–Crippen LogP) is 3.70. The van der Waals surface area contributed by atoms with E-state index in [9.17, 15) is 5.11 Å². The van der Waals surface area contributed by atoms with E-state index in [1.165, 1.54) is 30.0 Å². The number of nitrogens with one attached hydrogen (secondary N) is 1. The second-order valence-electron chi connectivity index (χ2n) is 10.9. The minimum absolute atomic E-state index is 0.140. The maximum absolute atomic E-state index is 10.4.